The summed E-state index contributed by atoms with van der Waals surface area (Å²) in [5.74, 6) is 0.872. The van der Waals surface area contributed by atoms with Crippen LogP contribution in [0.1, 0.15) is 22.5 Å². The van der Waals surface area contributed by atoms with Gasteiger partial charge in [-0.2, -0.15) is 0 Å². The molecule has 4 aromatic rings. The first-order valence-corrected chi connectivity index (χ1v) is 13.4. The van der Waals surface area contributed by atoms with E-state index in [1.54, 1.807) is 47.6 Å². The Morgan fingerprint density at radius 1 is 0.846 bits per heavy atom. The van der Waals surface area contributed by atoms with Gasteiger partial charge < -0.3 is 19.1 Å². The molecule has 0 aliphatic carbocycles. The monoisotopic (exact) mass is 563 g/mol. The molecule has 0 unspecified atom stereocenters. The number of rotatable bonds is 7. The van der Waals surface area contributed by atoms with Crippen LogP contribution < -0.4 is 4.90 Å². The zero-order valence-corrected chi connectivity index (χ0v) is 22.7. The number of halogens is 2. The summed E-state index contributed by atoms with van der Waals surface area (Å²) in [4.78, 5) is 32.1. The molecule has 0 N–H and O–H groups in total. The highest BCUT2D eigenvalue weighted by atomic mass is 35.5. The molecular weight excluding hydrogens is 537 g/mol. The molecule has 1 aliphatic heterocycles. The number of amides is 2. The summed E-state index contributed by atoms with van der Waals surface area (Å²) in [5, 5.41) is 9.77. The fourth-order valence-electron chi connectivity index (χ4n) is 4.56. The van der Waals surface area contributed by atoms with Gasteiger partial charge in [-0.1, -0.05) is 53.5 Å². The Balaban J connectivity index is 1.25. The summed E-state index contributed by atoms with van der Waals surface area (Å²) in [6.45, 7) is 2.49. The van der Waals surface area contributed by atoms with Crippen molar-refractivity contribution in [2.24, 2.45) is 0 Å². The zero-order valence-electron chi connectivity index (χ0n) is 21.2. The Kier molecular flexibility index (Phi) is 8.44. The lowest BCUT2D eigenvalue weighted by atomic mass is 10.1. The van der Waals surface area contributed by atoms with Crippen LogP contribution in [0.25, 0.3) is 11.3 Å². The van der Waals surface area contributed by atoms with Gasteiger partial charge in [-0.3, -0.25) is 9.59 Å². The Morgan fingerprint density at radius 2 is 1.64 bits per heavy atom. The van der Waals surface area contributed by atoms with Gasteiger partial charge in [0.05, 0.1) is 34.1 Å². The molecule has 0 bridgehead atoms. The van der Waals surface area contributed by atoms with E-state index in [-0.39, 0.29) is 24.9 Å². The SMILES string of the molecule is O=C(CN(Cc1ccco1)C(=O)c1ccccc1Cl)N1CCCN(c2ccc(-c3ccccc3Cl)nn2)CC1. The van der Waals surface area contributed by atoms with E-state index in [0.717, 1.165) is 24.3 Å². The molecule has 200 valence electrons. The van der Waals surface area contributed by atoms with Crippen molar-refractivity contribution in [2.75, 3.05) is 37.6 Å². The molecule has 2 aromatic heterocycles. The van der Waals surface area contributed by atoms with Gasteiger partial charge in [0.2, 0.25) is 5.91 Å². The number of carbonyl (C=O) groups excluding carboxylic acids is 2. The van der Waals surface area contributed by atoms with Crippen LogP contribution in [0, 0.1) is 0 Å². The van der Waals surface area contributed by atoms with Crippen molar-refractivity contribution in [1.29, 1.82) is 0 Å². The van der Waals surface area contributed by atoms with Crippen LogP contribution in [0.15, 0.2) is 83.5 Å². The van der Waals surface area contributed by atoms with Gasteiger partial charge in [0.1, 0.15) is 12.3 Å². The van der Waals surface area contributed by atoms with Gasteiger partial charge in [0.25, 0.3) is 5.91 Å². The largest absolute Gasteiger partial charge is 0.467 e. The highest BCUT2D eigenvalue weighted by Crippen LogP contribution is 2.26. The fraction of sp³-hybridized carbons (Fsp3) is 0.241. The second-order valence-corrected chi connectivity index (χ2v) is 10.0. The number of anilines is 1. The lowest BCUT2D eigenvalue weighted by Gasteiger charge is -2.27. The van der Waals surface area contributed by atoms with Crippen molar-refractivity contribution in [1.82, 2.24) is 20.0 Å². The maximum absolute atomic E-state index is 13.4. The van der Waals surface area contributed by atoms with Crippen molar-refractivity contribution in [3.63, 3.8) is 0 Å². The van der Waals surface area contributed by atoms with Crippen LogP contribution >= 0.6 is 23.2 Å². The molecule has 2 aromatic carbocycles. The molecule has 0 saturated carbocycles. The van der Waals surface area contributed by atoms with E-state index in [2.05, 4.69) is 15.1 Å². The average Bonchev–Trinajstić information content (AvgIpc) is 3.34. The fourth-order valence-corrected chi connectivity index (χ4v) is 5.01. The summed E-state index contributed by atoms with van der Waals surface area (Å²) in [5.41, 5.74) is 1.88. The standard InChI is InChI=1S/C29H27Cl2N5O3/c30-24-10-3-1-8-22(24)26-12-13-27(33-32-26)34-14-6-15-35(17-16-34)28(37)20-36(19-21-7-5-18-39-21)29(38)23-9-2-4-11-25(23)31/h1-5,7-13,18H,6,14-17,19-20H2. The molecular formula is C29H27Cl2N5O3. The maximum Gasteiger partial charge on any atom is 0.256 e. The third-order valence-corrected chi connectivity index (χ3v) is 7.28. The molecule has 3 heterocycles. The molecule has 0 spiro atoms. The van der Waals surface area contributed by atoms with Crippen molar-refractivity contribution < 1.29 is 14.0 Å². The quantitative estimate of drug-likeness (QED) is 0.298. The zero-order chi connectivity index (χ0) is 27.2. The van der Waals surface area contributed by atoms with E-state index in [0.29, 0.717) is 46.7 Å². The van der Waals surface area contributed by atoms with E-state index in [9.17, 15) is 9.59 Å². The van der Waals surface area contributed by atoms with E-state index >= 15 is 0 Å². The van der Waals surface area contributed by atoms with Crippen molar-refractivity contribution in [2.45, 2.75) is 13.0 Å². The summed E-state index contributed by atoms with van der Waals surface area (Å²) in [6.07, 6.45) is 2.30. The highest BCUT2D eigenvalue weighted by molar-refractivity contribution is 6.34. The summed E-state index contributed by atoms with van der Waals surface area (Å²) < 4.78 is 5.45. The van der Waals surface area contributed by atoms with Crippen molar-refractivity contribution >= 4 is 40.8 Å². The highest BCUT2D eigenvalue weighted by Gasteiger charge is 2.26. The normalized spacial score (nSPS) is 13.7. The third kappa shape index (κ3) is 6.41. The molecule has 8 nitrogen and oxygen atoms in total. The van der Waals surface area contributed by atoms with Gasteiger partial charge >= 0.3 is 0 Å². The van der Waals surface area contributed by atoms with Gasteiger partial charge in [0.15, 0.2) is 5.82 Å². The number of hydrogen-bond donors (Lipinski definition) is 0. The van der Waals surface area contributed by atoms with Crippen LogP contribution in [0.3, 0.4) is 0 Å². The number of benzene rings is 2. The van der Waals surface area contributed by atoms with E-state index in [1.807, 2.05) is 36.4 Å². The third-order valence-electron chi connectivity index (χ3n) is 6.62. The van der Waals surface area contributed by atoms with Crippen molar-refractivity contribution in [3.05, 3.63) is 100 Å². The van der Waals surface area contributed by atoms with Gasteiger partial charge in [-0.15, -0.1) is 10.2 Å². The molecule has 1 aliphatic rings. The lowest BCUT2D eigenvalue weighted by molar-refractivity contribution is -0.131. The molecule has 0 atom stereocenters. The predicted molar refractivity (Wildman–Crippen MR) is 151 cm³/mol. The molecule has 5 rings (SSSR count). The summed E-state index contributed by atoms with van der Waals surface area (Å²) >= 11 is 12.6. The lowest BCUT2D eigenvalue weighted by Crippen LogP contribution is -2.44. The summed E-state index contributed by atoms with van der Waals surface area (Å²) in [7, 11) is 0. The second kappa shape index (κ2) is 12.3. The molecule has 2 amide bonds. The number of carbonyl (C=O) groups is 2. The van der Waals surface area contributed by atoms with Gasteiger partial charge in [-0.25, -0.2) is 0 Å². The van der Waals surface area contributed by atoms with Gasteiger partial charge in [-0.05, 0) is 48.9 Å². The number of nitrogens with zero attached hydrogens (tertiary/aromatic N) is 5. The number of aromatic nitrogens is 2. The van der Waals surface area contributed by atoms with Crippen LogP contribution in [0.5, 0.6) is 0 Å². The van der Waals surface area contributed by atoms with Crippen LogP contribution in [0.4, 0.5) is 5.82 Å². The van der Waals surface area contributed by atoms with E-state index in [4.69, 9.17) is 27.6 Å². The second-order valence-electron chi connectivity index (χ2n) is 9.20. The van der Waals surface area contributed by atoms with Crippen LogP contribution in [0.2, 0.25) is 10.0 Å². The first-order valence-electron chi connectivity index (χ1n) is 12.7. The van der Waals surface area contributed by atoms with E-state index in [1.165, 1.54) is 4.90 Å². The maximum atomic E-state index is 13.4. The first kappa shape index (κ1) is 26.7. The predicted octanol–water partition coefficient (Wildman–Crippen LogP) is 5.42. The molecule has 10 heteroatoms. The topological polar surface area (TPSA) is 82.8 Å². The van der Waals surface area contributed by atoms with Crippen molar-refractivity contribution in [3.8, 4) is 11.3 Å². The first-order chi connectivity index (χ1) is 19.0. The van der Waals surface area contributed by atoms with E-state index < -0.39 is 0 Å². The summed E-state index contributed by atoms with van der Waals surface area (Å²) in [6, 6.07) is 21.7. The Bertz CT molecular complexity index is 1430. The Hall–Kier alpha value is -3.88. The van der Waals surface area contributed by atoms with Crippen LogP contribution in [-0.4, -0.2) is 64.5 Å². The number of furan rings is 1. The number of hydrogen-bond acceptors (Lipinski definition) is 6. The molecule has 39 heavy (non-hydrogen) atoms. The minimum absolute atomic E-state index is 0.0862. The van der Waals surface area contributed by atoms with Gasteiger partial charge in [0, 0.05) is 31.7 Å². The smallest absolute Gasteiger partial charge is 0.256 e. The van der Waals surface area contributed by atoms with Crippen LogP contribution in [-0.2, 0) is 11.3 Å². The minimum Gasteiger partial charge on any atom is -0.467 e. The average molecular weight is 564 g/mol. The Labute approximate surface area is 236 Å². The minimum atomic E-state index is -0.323. The Morgan fingerprint density at radius 3 is 2.36 bits per heavy atom. The molecule has 1 fully saturated rings. The molecule has 1 saturated heterocycles. The molecule has 0 radical (unpaired) electrons.